The summed E-state index contributed by atoms with van der Waals surface area (Å²) in [6.07, 6.45) is 1.44. The van der Waals surface area contributed by atoms with Crippen LogP contribution in [0.1, 0.15) is 12.5 Å². The molecule has 0 bridgehead atoms. The second kappa shape index (κ2) is 4.87. The summed E-state index contributed by atoms with van der Waals surface area (Å²) in [6, 6.07) is 6.80. The molecule has 22 heavy (non-hydrogen) atoms. The van der Waals surface area contributed by atoms with E-state index in [9.17, 15) is 18.4 Å². The molecule has 1 aromatic carbocycles. The number of imide groups is 1. The summed E-state index contributed by atoms with van der Waals surface area (Å²) in [5, 5.41) is 2.46. The molecular formula is C15H11F2N3O2. The maximum atomic E-state index is 13.4. The van der Waals surface area contributed by atoms with Crippen LogP contribution in [0.5, 0.6) is 0 Å². The summed E-state index contributed by atoms with van der Waals surface area (Å²) in [4.78, 5) is 29.5. The van der Waals surface area contributed by atoms with Crippen molar-refractivity contribution in [2.75, 3.05) is 4.90 Å². The fraction of sp³-hybridized carbons (Fsp3) is 0.133. The van der Waals surface area contributed by atoms with Gasteiger partial charge in [0.2, 0.25) is 0 Å². The predicted molar refractivity (Wildman–Crippen MR) is 74.0 cm³/mol. The molecule has 0 saturated carbocycles. The zero-order valence-electron chi connectivity index (χ0n) is 11.5. The van der Waals surface area contributed by atoms with Crippen LogP contribution in [0.4, 0.5) is 19.4 Å². The highest BCUT2D eigenvalue weighted by Crippen LogP contribution is 2.31. The van der Waals surface area contributed by atoms with Gasteiger partial charge in [0, 0.05) is 12.3 Å². The second-order valence-electron chi connectivity index (χ2n) is 5.04. The van der Waals surface area contributed by atoms with Gasteiger partial charge in [0.1, 0.15) is 23.0 Å². The van der Waals surface area contributed by atoms with E-state index in [1.165, 1.54) is 19.2 Å². The Morgan fingerprint density at radius 3 is 2.41 bits per heavy atom. The zero-order chi connectivity index (χ0) is 15.9. The number of carbonyl (C=O) groups excluding carboxylic acids is 2. The van der Waals surface area contributed by atoms with Gasteiger partial charge < -0.3 is 5.32 Å². The lowest BCUT2D eigenvalue weighted by Crippen LogP contribution is -2.41. The normalized spacial score (nSPS) is 21.1. The topological polar surface area (TPSA) is 62.3 Å². The number of hydrogen-bond acceptors (Lipinski definition) is 3. The van der Waals surface area contributed by atoms with Crippen molar-refractivity contribution in [2.24, 2.45) is 0 Å². The van der Waals surface area contributed by atoms with Gasteiger partial charge in [0.25, 0.3) is 5.91 Å². The molecule has 3 amide bonds. The summed E-state index contributed by atoms with van der Waals surface area (Å²) in [5.41, 5.74) is -1.53. The minimum atomic E-state index is -1.56. The number of rotatable bonds is 2. The number of pyridine rings is 1. The Hall–Kier alpha value is -2.83. The number of aromatic nitrogens is 1. The molecule has 1 aliphatic heterocycles. The quantitative estimate of drug-likeness (QED) is 0.866. The first-order chi connectivity index (χ1) is 10.4. The van der Waals surface area contributed by atoms with Crippen LogP contribution in [0.15, 0.2) is 42.6 Å². The summed E-state index contributed by atoms with van der Waals surface area (Å²) >= 11 is 0. The minimum Gasteiger partial charge on any atom is -0.319 e. The smallest absolute Gasteiger partial charge is 0.319 e. The number of anilines is 1. The Bertz CT molecular complexity index is 746. The highest BCUT2D eigenvalue weighted by atomic mass is 19.1. The van der Waals surface area contributed by atoms with Crippen molar-refractivity contribution < 1.29 is 18.4 Å². The summed E-state index contributed by atoms with van der Waals surface area (Å²) in [5.74, 6) is -2.16. The molecule has 0 aliphatic carbocycles. The largest absolute Gasteiger partial charge is 0.331 e. The number of urea groups is 1. The van der Waals surface area contributed by atoms with Gasteiger partial charge in [-0.3, -0.25) is 4.79 Å². The number of halogens is 2. The Kier molecular flexibility index (Phi) is 3.13. The van der Waals surface area contributed by atoms with Crippen molar-refractivity contribution in [1.82, 2.24) is 10.3 Å². The SMILES string of the molecule is CC1(c2cc(F)cc(F)c2)NC(=O)N(c2ccccn2)C1=O. The van der Waals surface area contributed by atoms with E-state index >= 15 is 0 Å². The van der Waals surface area contributed by atoms with Gasteiger partial charge in [0.05, 0.1) is 0 Å². The molecule has 1 saturated heterocycles. The predicted octanol–water partition coefficient (Wildman–Crippen LogP) is 2.33. The molecule has 1 fully saturated rings. The van der Waals surface area contributed by atoms with Crippen LogP contribution < -0.4 is 10.2 Å². The molecule has 1 aromatic heterocycles. The molecule has 1 unspecified atom stereocenters. The third kappa shape index (κ3) is 2.11. The van der Waals surface area contributed by atoms with Crippen LogP contribution in [0.25, 0.3) is 0 Å². The number of nitrogens with zero attached hydrogens (tertiary/aromatic N) is 2. The van der Waals surface area contributed by atoms with E-state index in [4.69, 9.17) is 0 Å². The number of carbonyl (C=O) groups is 2. The Morgan fingerprint density at radius 1 is 1.14 bits per heavy atom. The average molecular weight is 303 g/mol. The second-order valence-corrected chi connectivity index (χ2v) is 5.04. The standard InChI is InChI=1S/C15H11F2N3O2/c1-15(9-6-10(16)8-11(17)7-9)13(21)20(14(22)19-15)12-4-2-3-5-18-12/h2-8H,1H3,(H,19,22). The molecule has 1 N–H and O–H groups in total. The fourth-order valence-corrected chi connectivity index (χ4v) is 2.37. The molecule has 2 heterocycles. The first-order valence-electron chi connectivity index (χ1n) is 6.46. The van der Waals surface area contributed by atoms with Crippen molar-refractivity contribution in [3.63, 3.8) is 0 Å². The first-order valence-corrected chi connectivity index (χ1v) is 6.46. The van der Waals surface area contributed by atoms with E-state index in [0.29, 0.717) is 6.07 Å². The van der Waals surface area contributed by atoms with E-state index in [0.717, 1.165) is 17.0 Å². The molecule has 112 valence electrons. The third-order valence-corrected chi connectivity index (χ3v) is 3.51. The summed E-state index contributed by atoms with van der Waals surface area (Å²) < 4.78 is 26.8. The minimum absolute atomic E-state index is 0.0294. The number of nitrogens with one attached hydrogen (secondary N) is 1. The maximum Gasteiger partial charge on any atom is 0.331 e. The van der Waals surface area contributed by atoms with Crippen molar-refractivity contribution in [3.05, 3.63) is 59.8 Å². The number of amides is 3. The van der Waals surface area contributed by atoms with Crippen LogP contribution in [0, 0.1) is 11.6 Å². The fourth-order valence-electron chi connectivity index (χ4n) is 2.37. The Labute approximate surface area is 124 Å². The maximum absolute atomic E-state index is 13.4. The van der Waals surface area contributed by atoms with Crippen molar-refractivity contribution >= 4 is 17.8 Å². The lowest BCUT2D eigenvalue weighted by Gasteiger charge is -2.22. The van der Waals surface area contributed by atoms with E-state index in [2.05, 4.69) is 10.3 Å². The van der Waals surface area contributed by atoms with Gasteiger partial charge in [-0.2, -0.15) is 0 Å². The van der Waals surface area contributed by atoms with Crippen LogP contribution in [-0.4, -0.2) is 16.9 Å². The summed E-state index contributed by atoms with van der Waals surface area (Å²) in [7, 11) is 0. The van der Waals surface area contributed by atoms with E-state index in [1.54, 1.807) is 12.1 Å². The van der Waals surface area contributed by atoms with Crippen molar-refractivity contribution in [1.29, 1.82) is 0 Å². The lowest BCUT2D eigenvalue weighted by atomic mass is 9.92. The van der Waals surface area contributed by atoms with Gasteiger partial charge in [-0.25, -0.2) is 23.5 Å². The first kappa shape index (κ1) is 14.1. The van der Waals surface area contributed by atoms with Crippen LogP contribution in [0.2, 0.25) is 0 Å². The molecule has 1 atom stereocenters. The van der Waals surface area contributed by atoms with Crippen molar-refractivity contribution in [3.8, 4) is 0 Å². The molecule has 5 nitrogen and oxygen atoms in total. The molecule has 0 spiro atoms. The van der Waals surface area contributed by atoms with Crippen LogP contribution >= 0.6 is 0 Å². The average Bonchev–Trinajstić information content (AvgIpc) is 2.70. The Morgan fingerprint density at radius 2 is 1.82 bits per heavy atom. The van der Waals surface area contributed by atoms with Gasteiger partial charge in [-0.05, 0) is 36.8 Å². The van der Waals surface area contributed by atoms with Crippen molar-refractivity contribution in [2.45, 2.75) is 12.5 Å². The molecule has 0 radical (unpaired) electrons. The molecule has 1 aliphatic rings. The molecular weight excluding hydrogens is 292 g/mol. The summed E-state index contributed by atoms with van der Waals surface area (Å²) in [6.45, 7) is 1.39. The van der Waals surface area contributed by atoms with Gasteiger partial charge in [-0.15, -0.1) is 0 Å². The van der Waals surface area contributed by atoms with Gasteiger partial charge >= 0.3 is 6.03 Å². The monoisotopic (exact) mass is 303 g/mol. The van der Waals surface area contributed by atoms with E-state index < -0.39 is 29.1 Å². The van der Waals surface area contributed by atoms with E-state index in [-0.39, 0.29) is 11.4 Å². The molecule has 3 rings (SSSR count). The van der Waals surface area contributed by atoms with Gasteiger partial charge in [0.15, 0.2) is 0 Å². The Balaban J connectivity index is 2.06. The molecule has 7 heteroatoms. The highest BCUT2D eigenvalue weighted by Gasteiger charge is 2.50. The van der Waals surface area contributed by atoms with Crippen LogP contribution in [-0.2, 0) is 10.3 Å². The number of hydrogen-bond donors (Lipinski definition) is 1. The zero-order valence-corrected chi connectivity index (χ0v) is 11.5. The number of benzene rings is 1. The van der Waals surface area contributed by atoms with Gasteiger partial charge in [-0.1, -0.05) is 6.07 Å². The lowest BCUT2D eigenvalue weighted by molar-refractivity contribution is -0.121. The van der Waals surface area contributed by atoms with Crippen LogP contribution in [0.3, 0.4) is 0 Å². The molecule has 2 aromatic rings. The highest BCUT2D eigenvalue weighted by molar-refractivity contribution is 6.22. The van der Waals surface area contributed by atoms with E-state index in [1.807, 2.05) is 0 Å². The third-order valence-electron chi connectivity index (χ3n) is 3.51.